The molecule has 0 unspecified atom stereocenters. The molecule has 0 spiro atoms. The van der Waals surface area contributed by atoms with Crippen LogP contribution in [-0.2, 0) is 0 Å². The van der Waals surface area contributed by atoms with E-state index in [1.165, 1.54) is 0 Å². The summed E-state index contributed by atoms with van der Waals surface area (Å²) in [6, 6.07) is 10.6. The monoisotopic (exact) mass is 355 g/mol. The number of rotatable bonds is 8. The first-order valence-corrected chi connectivity index (χ1v) is 8.53. The molecule has 0 saturated carbocycles. The summed E-state index contributed by atoms with van der Waals surface area (Å²) >= 11 is 0. The third-order valence-electron chi connectivity index (χ3n) is 4.01. The number of anilines is 1. The van der Waals surface area contributed by atoms with Crippen molar-refractivity contribution < 1.29 is 19.0 Å². The first-order valence-electron chi connectivity index (χ1n) is 8.53. The number of allylic oxidation sites excluding steroid dienone is 1. The van der Waals surface area contributed by atoms with Gasteiger partial charge >= 0.3 is 0 Å². The molecule has 0 saturated heterocycles. The zero-order chi connectivity index (χ0) is 19.1. The van der Waals surface area contributed by atoms with Gasteiger partial charge in [-0.05, 0) is 55.8 Å². The number of methoxy groups -OCH3 is 2. The quantitative estimate of drug-likeness (QED) is 0.433. The highest BCUT2D eigenvalue weighted by molar-refractivity contribution is 6.11. The van der Waals surface area contributed by atoms with Crippen molar-refractivity contribution in [2.45, 2.75) is 20.3 Å². The summed E-state index contributed by atoms with van der Waals surface area (Å²) in [6.07, 6.45) is 2.41. The van der Waals surface area contributed by atoms with Gasteiger partial charge in [0.05, 0.1) is 26.5 Å². The van der Waals surface area contributed by atoms with E-state index in [4.69, 9.17) is 19.9 Å². The Balaban J connectivity index is 2.43. The van der Waals surface area contributed by atoms with Gasteiger partial charge in [0, 0.05) is 16.7 Å². The average molecular weight is 355 g/mol. The summed E-state index contributed by atoms with van der Waals surface area (Å²) < 4.78 is 16.2. The van der Waals surface area contributed by atoms with Crippen LogP contribution in [-0.4, -0.2) is 26.6 Å². The molecule has 0 aromatic heterocycles. The zero-order valence-electron chi connectivity index (χ0n) is 15.7. The average Bonchev–Trinajstić information content (AvgIpc) is 2.67. The molecule has 2 aromatic rings. The van der Waals surface area contributed by atoms with E-state index >= 15 is 0 Å². The Bertz CT molecular complexity index is 812. The maximum atomic E-state index is 13.0. The number of ether oxygens (including phenoxy) is 3. The van der Waals surface area contributed by atoms with Crippen molar-refractivity contribution in [2.24, 2.45) is 0 Å². The largest absolute Gasteiger partial charge is 0.497 e. The lowest BCUT2D eigenvalue weighted by molar-refractivity contribution is 0.103. The zero-order valence-corrected chi connectivity index (χ0v) is 15.7. The van der Waals surface area contributed by atoms with Crippen LogP contribution in [0.2, 0.25) is 0 Å². The molecular weight excluding hydrogens is 330 g/mol. The summed E-state index contributed by atoms with van der Waals surface area (Å²) in [5.74, 6) is 1.83. The van der Waals surface area contributed by atoms with Crippen molar-refractivity contribution in [1.82, 2.24) is 0 Å². The van der Waals surface area contributed by atoms with Gasteiger partial charge in [0.2, 0.25) is 0 Å². The Labute approximate surface area is 154 Å². The number of carbonyl (C=O) groups excluding carboxylic acids is 1. The Hall–Kier alpha value is -2.95. The molecule has 0 aliphatic carbocycles. The van der Waals surface area contributed by atoms with Crippen LogP contribution in [0.1, 0.15) is 36.2 Å². The van der Waals surface area contributed by atoms with Crippen LogP contribution in [0.4, 0.5) is 5.69 Å². The van der Waals surface area contributed by atoms with Crippen molar-refractivity contribution in [1.29, 1.82) is 0 Å². The number of ketones is 1. The highest BCUT2D eigenvalue weighted by Crippen LogP contribution is 2.29. The molecule has 0 aliphatic rings. The molecule has 0 bridgehead atoms. The second kappa shape index (κ2) is 8.94. The van der Waals surface area contributed by atoms with Crippen LogP contribution in [0, 0.1) is 0 Å². The highest BCUT2D eigenvalue weighted by atomic mass is 16.5. The second-order valence-electron chi connectivity index (χ2n) is 5.65. The highest BCUT2D eigenvalue weighted by Gasteiger charge is 2.14. The number of nitrogen functional groups attached to an aromatic ring is 1. The molecule has 5 nitrogen and oxygen atoms in total. The van der Waals surface area contributed by atoms with Crippen LogP contribution in [0.25, 0.3) is 6.08 Å². The molecule has 0 fully saturated rings. The van der Waals surface area contributed by atoms with Crippen LogP contribution in [0.3, 0.4) is 0 Å². The summed E-state index contributed by atoms with van der Waals surface area (Å²) in [5, 5.41) is 0. The number of hydrogen-bond donors (Lipinski definition) is 1. The molecule has 138 valence electrons. The van der Waals surface area contributed by atoms with Gasteiger partial charge in [0.1, 0.15) is 17.2 Å². The van der Waals surface area contributed by atoms with E-state index in [0.717, 1.165) is 5.56 Å². The summed E-state index contributed by atoms with van der Waals surface area (Å²) in [7, 11) is 3.20. The van der Waals surface area contributed by atoms with E-state index in [2.05, 4.69) is 0 Å². The lowest BCUT2D eigenvalue weighted by Crippen LogP contribution is -2.05. The van der Waals surface area contributed by atoms with Crippen molar-refractivity contribution in [2.75, 3.05) is 26.6 Å². The van der Waals surface area contributed by atoms with Crippen LogP contribution >= 0.6 is 0 Å². The smallest absolute Gasteiger partial charge is 0.189 e. The molecule has 2 N–H and O–H groups in total. The van der Waals surface area contributed by atoms with Gasteiger partial charge in [-0.2, -0.15) is 0 Å². The van der Waals surface area contributed by atoms with Gasteiger partial charge in [-0.15, -0.1) is 0 Å². The summed E-state index contributed by atoms with van der Waals surface area (Å²) in [6.45, 7) is 4.30. The molecule has 0 aliphatic heterocycles. The number of Topliss-reactive ketones (excluding diaryl/α,β-unsaturated/α-hetero) is 1. The van der Waals surface area contributed by atoms with Gasteiger partial charge in [-0.25, -0.2) is 0 Å². The number of hydrogen-bond acceptors (Lipinski definition) is 5. The van der Waals surface area contributed by atoms with Gasteiger partial charge in [-0.3, -0.25) is 4.79 Å². The maximum Gasteiger partial charge on any atom is 0.189 e. The predicted molar refractivity (Wildman–Crippen MR) is 104 cm³/mol. The van der Waals surface area contributed by atoms with E-state index < -0.39 is 0 Å². The minimum Gasteiger partial charge on any atom is -0.497 e. The molecule has 2 rings (SSSR count). The standard InChI is InChI=1S/C21H25NO4/c1-5-14(11-16-12-17(24-3)8-10-19(16)25-4)21(23)15-7-9-18(22)20(13-15)26-6-2/h7-13H,5-6,22H2,1-4H3/b14-11+. The summed E-state index contributed by atoms with van der Waals surface area (Å²) in [4.78, 5) is 13.0. The molecule has 2 aromatic carbocycles. The van der Waals surface area contributed by atoms with Crippen molar-refractivity contribution >= 4 is 17.5 Å². The maximum absolute atomic E-state index is 13.0. The van der Waals surface area contributed by atoms with Gasteiger partial charge < -0.3 is 19.9 Å². The molecule has 0 amide bonds. The Morgan fingerprint density at radius 3 is 2.42 bits per heavy atom. The lowest BCUT2D eigenvalue weighted by atomic mass is 9.98. The van der Waals surface area contributed by atoms with Crippen molar-refractivity contribution in [3.8, 4) is 17.2 Å². The Morgan fingerprint density at radius 1 is 1.04 bits per heavy atom. The van der Waals surface area contributed by atoms with Gasteiger partial charge in [-0.1, -0.05) is 6.92 Å². The minimum atomic E-state index is -0.0710. The Kier molecular flexibility index (Phi) is 6.67. The normalized spacial score (nSPS) is 11.2. The fourth-order valence-electron chi connectivity index (χ4n) is 2.61. The first kappa shape index (κ1) is 19.4. The van der Waals surface area contributed by atoms with Crippen molar-refractivity contribution in [3.63, 3.8) is 0 Å². The van der Waals surface area contributed by atoms with Crippen LogP contribution in [0.5, 0.6) is 17.2 Å². The third-order valence-corrected chi connectivity index (χ3v) is 4.01. The van der Waals surface area contributed by atoms with Crippen LogP contribution < -0.4 is 19.9 Å². The third kappa shape index (κ3) is 4.36. The summed E-state index contributed by atoms with van der Waals surface area (Å²) in [5.41, 5.74) is 8.40. The van der Waals surface area contributed by atoms with Crippen molar-refractivity contribution in [3.05, 3.63) is 53.1 Å². The Morgan fingerprint density at radius 2 is 1.81 bits per heavy atom. The predicted octanol–water partition coefficient (Wildman–Crippen LogP) is 4.36. The molecular formula is C21H25NO4. The topological polar surface area (TPSA) is 70.8 Å². The first-order chi connectivity index (χ1) is 12.5. The molecule has 26 heavy (non-hydrogen) atoms. The van der Waals surface area contributed by atoms with E-state index in [1.807, 2.05) is 38.1 Å². The lowest BCUT2D eigenvalue weighted by Gasteiger charge is -2.11. The van der Waals surface area contributed by atoms with E-state index in [9.17, 15) is 4.79 Å². The van der Waals surface area contributed by atoms with Gasteiger partial charge in [0.25, 0.3) is 0 Å². The van der Waals surface area contributed by atoms with E-state index in [1.54, 1.807) is 32.4 Å². The number of benzene rings is 2. The number of carbonyl (C=O) groups is 1. The van der Waals surface area contributed by atoms with E-state index in [0.29, 0.717) is 47.1 Å². The second-order valence-corrected chi connectivity index (χ2v) is 5.65. The van der Waals surface area contributed by atoms with Gasteiger partial charge in [0.15, 0.2) is 5.78 Å². The molecule has 0 radical (unpaired) electrons. The van der Waals surface area contributed by atoms with Crippen LogP contribution in [0.15, 0.2) is 42.0 Å². The number of nitrogens with two attached hydrogens (primary N) is 1. The van der Waals surface area contributed by atoms with E-state index in [-0.39, 0.29) is 5.78 Å². The minimum absolute atomic E-state index is 0.0710. The fourth-order valence-corrected chi connectivity index (χ4v) is 2.61. The molecule has 0 heterocycles. The fraction of sp³-hybridized carbons (Fsp3) is 0.286. The molecule has 5 heteroatoms. The SMILES string of the molecule is CCOc1cc(C(=O)/C(=C/c2cc(OC)ccc2OC)CC)ccc1N. The molecule has 0 atom stereocenters.